The number of nitrogens with one attached hydrogen (secondary N) is 1. The van der Waals surface area contributed by atoms with Crippen molar-refractivity contribution in [2.24, 2.45) is 5.73 Å². The van der Waals surface area contributed by atoms with Crippen LogP contribution in [0.25, 0.3) is 0 Å². The van der Waals surface area contributed by atoms with E-state index in [1.807, 2.05) is 13.8 Å². The fourth-order valence-electron chi connectivity index (χ4n) is 1.65. The van der Waals surface area contributed by atoms with Crippen molar-refractivity contribution in [1.82, 2.24) is 4.72 Å². The number of halogens is 1. The van der Waals surface area contributed by atoms with Gasteiger partial charge in [-0.05, 0) is 38.5 Å². The predicted octanol–water partition coefficient (Wildman–Crippen LogP) is 1.30. The number of hydrogen-bond acceptors (Lipinski definition) is 4. The fraction of sp³-hybridized carbons (Fsp3) is 0.538. The molecular weight excluding hydrogens is 283 g/mol. The summed E-state index contributed by atoms with van der Waals surface area (Å²) in [5.74, 6) is -0.577. The minimum Gasteiger partial charge on any atom is -0.377 e. The minimum absolute atomic E-state index is 0.0271. The van der Waals surface area contributed by atoms with Crippen LogP contribution < -0.4 is 10.5 Å². The Kier molecular flexibility index (Phi) is 6.07. The van der Waals surface area contributed by atoms with Gasteiger partial charge in [-0.3, -0.25) is 0 Å². The molecule has 114 valence electrons. The first kappa shape index (κ1) is 17.0. The summed E-state index contributed by atoms with van der Waals surface area (Å²) >= 11 is 0. The summed E-state index contributed by atoms with van der Waals surface area (Å²) < 4.78 is 45.6. The van der Waals surface area contributed by atoms with Gasteiger partial charge >= 0.3 is 0 Å². The van der Waals surface area contributed by atoms with E-state index in [1.165, 1.54) is 19.1 Å². The lowest BCUT2D eigenvalue weighted by Gasteiger charge is -2.12. The third kappa shape index (κ3) is 4.52. The standard InChI is InChI=1S/C13H21FN2O3S/c1-9(2)19-5-4-16-20(17,18)13-7-11(8-15)6-12(14)10(13)3/h6-7,9,16H,4-5,8,15H2,1-3H3. The molecule has 0 amide bonds. The molecule has 0 heterocycles. The molecule has 0 aliphatic heterocycles. The van der Waals surface area contributed by atoms with Crippen molar-refractivity contribution in [3.05, 3.63) is 29.1 Å². The maximum absolute atomic E-state index is 13.7. The second kappa shape index (κ2) is 7.12. The lowest BCUT2D eigenvalue weighted by atomic mass is 10.1. The minimum atomic E-state index is -3.77. The first-order chi connectivity index (χ1) is 9.27. The van der Waals surface area contributed by atoms with Crippen molar-refractivity contribution in [2.75, 3.05) is 13.2 Å². The molecule has 0 aromatic heterocycles. The molecule has 0 radical (unpaired) electrons. The van der Waals surface area contributed by atoms with Crippen LogP contribution in [0, 0.1) is 12.7 Å². The Hall–Kier alpha value is -1.02. The number of nitrogens with two attached hydrogens (primary N) is 1. The van der Waals surface area contributed by atoms with E-state index in [1.54, 1.807) is 0 Å². The van der Waals surface area contributed by atoms with Crippen LogP contribution in [0.4, 0.5) is 4.39 Å². The van der Waals surface area contributed by atoms with Gasteiger partial charge in [0.2, 0.25) is 10.0 Å². The average molecular weight is 304 g/mol. The lowest BCUT2D eigenvalue weighted by molar-refractivity contribution is 0.0834. The van der Waals surface area contributed by atoms with Gasteiger partial charge in [0.15, 0.2) is 0 Å². The van der Waals surface area contributed by atoms with Crippen molar-refractivity contribution in [3.8, 4) is 0 Å². The van der Waals surface area contributed by atoms with Crippen molar-refractivity contribution >= 4 is 10.0 Å². The number of rotatable bonds is 7. The maximum Gasteiger partial charge on any atom is 0.241 e. The number of hydrogen-bond donors (Lipinski definition) is 2. The van der Waals surface area contributed by atoms with Gasteiger partial charge in [0.25, 0.3) is 0 Å². The van der Waals surface area contributed by atoms with E-state index in [0.717, 1.165) is 0 Å². The predicted molar refractivity (Wildman–Crippen MR) is 75.3 cm³/mol. The van der Waals surface area contributed by atoms with E-state index in [0.29, 0.717) is 5.56 Å². The van der Waals surface area contributed by atoms with E-state index < -0.39 is 15.8 Å². The van der Waals surface area contributed by atoms with Crippen LogP contribution in [-0.2, 0) is 21.3 Å². The van der Waals surface area contributed by atoms with Crippen molar-refractivity contribution in [3.63, 3.8) is 0 Å². The Bertz CT molecular complexity index is 559. The zero-order valence-electron chi connectivity index (χ0n) is 11.9. The fourth-order valence-corrected chi connectivity index (χ4v) is 2.97. The Morgan fingerprint density at radius 3 is 2.60 bits per heavy atom. The summed E-state index contributed by atoms with van der Waals surface area (Å²) in [6.45, 7) is 5.62. The van der Waals surface area contributed by atoms with Gasteiger partial charge in [-0.15, -0.1) is 0 Å². The van der Waals surface area contributed by atoms with Gasteiger partial charge < -0.3 is 10.5 Å². The smallest absolute Gasteiger partial charge is 0.241 e. The molecule has 3 N–H and O–H groups in total. The van der Waals surface area contributed by atoms with E-state index in [9.17, 15) is 12.8 Å². The highest BCUT2D eigenvalue weighted by molar-refractivity contribution is 7.89. The summed E-state index contributed by atoms with van der Waals surface area (Å²) in [5, 5.41) is 0. The Labute approximate surface area is 119 Å². The molecule has 0 atom stereocenters. The quantitative estimate of drug-likeness (QED) is 0.744. The molecule has 1 aromatic rings. The van der Waals surface area contributed by atoms with E-state index >= 15 is 0 Å². The molecule has 20 heavy (non-hydrogen) atoms. The summed E-state index contributed by atoms with van der Waals surface area (Å²) in [7, 11) is -3.77. The highest BCUT2D eigenvalue weighted by Gasteiger charge is 2.19. The largest absolute Gasteiger partial charge is 0.377 e. The van der Waals surface area contributed by atoms with Crippen LogP contribution in [-0.4, -0.2) is 27.7 Å². The van der Waals surface area contributed by atoms with Gasteiger partial charge in [-0.25, -0.2) is 17.5 Å². The first-order valence-electron chi connectivity index (χ1n) is 6.38. The average Bonchev–Trinajstić information content (AvgIpc) is 2.37. The molecule has 7 heteroatoms. The van der Waals surface area contributed by atoms with Crippen molar-refractivity contribution < 1.29 is 17.5 Å². The molecule has 0 fully saturated rings. The highest BCUT2D eigenvalue weighted by atomic mass is 32.2. The second-order valence-corrected chi connectivity index (χ2v) is 6.46. The Balaban J connectivity index is 2.89. The zero-order valence-corrected chi connectivity index (χ0v) is 12.8. The van der Waals surface area contributed by atoms with Gasteiger partial charge in [0.05, 0.1) is 17.6 Å². The molecule has 0 saturated carbocycles. The molecule has 1 rings (SSSR count). The third-order valence-electron chi connectivity index (χ3n) is 2.73. The third-order valence-corrected chi connectivity index (χ3v) is 4.31. The molecule has 0 bridgehead atoms. The Morgan fingerprint density at radius 1 is 1.40 bits per heavy atom. The second-order valence-electron chi connectivity index (χ2n) is 4.72. The van der Waals surface area contributed by atoms with E-state index in [-0.39, 0.29) is 36.3 Å². The normalized spacial score (nSPS) is 12.1. The zero-order chi connectivity index (χ0) is 15.3. The number of benzene rings is 1. The van der Waals surface area contributed by atoms with Gasteiger partial charge in [-0.1, -0.05) is 0 Å². The van der Waals surface area contributed by atoms with Crippen molar-refractivity contribution in [1.29, 1.82) is 0 Å². The summed E-state index contributed by atoms with van der Waals surface area (Å²) in [6.07, 6.45) is 0.0271. The molecule has 0 spiro atoms. The molecule has 0 unspecified atom stereocenters. The van der Waals surface area contributed by atoms with Crippen LogP contribution in [0.1, 0.15) is 25.0 Å². The Morgan fingerprint density at radius 2 is 2.05 bits per heavy atom. The van der Waals surface area contributed by atoms with Gasteiger partial charge in [0.1, 0.15) is 5.82 Å². The SMILES string of the molecule is Cc1c(F)cc(CN)cc1S(=O)(=O)NCCOC(C)C. The summed E-state index contributed by atoms with van der Waals surface area (Å²) in [4.78, 5) is -0.0810. The molecular formula is C13H21FN2O3S. The molecule has 5 nitrogen and oxygen atoms in total. The highest BCUT2D eigenvalue weighted by Crippen LogP contribution is 2.20. The topological polar surface area (TPSA) is 81.4 Å². The first-order valence-corrected chi connectivity index (χ1v) is 7.86. The van der Waals surface area contributed by atoms with Crippen LogP contribution in [0.2, 0.25) is 0 Å². The summed E-state index contributed by atoms with van der Waals surface area (Å²) in [5.41, 5.74) is 5.95. The lowest BCUT2D eigenvalue weighted by Crippen LogP contribution is -2.29. The monoisotopic (exact) mass is 304 g/mol. The molecule has 1 aromatic carbocycles. The maximum atomic E-state index is 13.7. The van der Waals surface area contributed by atoms with E-state index in [4.69, 9.17) is 10.5 Å². The van der Waals surface area contributed by atoms with Crippen LogP contribution in [0.15, 0.2) is 17.0 Å². The molecule has 0 aliphatic rings. The molecule has 0 saturated heterocycles. The number of ether oxygens (including phenoxy) is 1. The van der Waals surface area contributed by atoms with E-state index in [2.05, 4.69) is 4.72 Å². The van der Waals surface area contributed by atoms with Crippen LogP contribution in [0.3, 0.4) is 0 Å². The summed E-state index contributed by atoms with van der Waals surface area (Å²) in [6, 6.07) is 2.64. The van der Waals surface area contributed by atoms with Crippen LogP contribution in [0.5, 0.6) is 0 Å². The number of sulfonamides is 1. The van der Waals surface area contributed by atoms with Crippen LogP contribution >= 0.6 is 0 Å². The van der Waals surface area contributed by atoms with Gasteiger partial charge in [0, 0.05) is 18.7 Å². The molecule has 0 aliphatic carbocycles. The van der Waals surface area contributed by atoms with Crippen molar-refractivity contribution in [2.45, 2.75) is 38.3 Å². The van der Waals surface area contributed by atoms with Gasteiger partial charge in [-0.2, -0.15) is 0 Å².